The third kappa shape index (κ3) is 3.32. The molecule has 0 aliphatic heterocycles. The van der Waals surface area contributed by atoms with Crippen molar-refractivity contribution in [2.45, 2.75) is 33.6 Å². The quantitative estimate of drug-likeness (QED) is 0.798. The predicted octanol–water partition coefficient (Wildman–Crippen LogP) is 2.67. The second-order valence-electron chi connectivity index (χ2n) is 4.23. The molecule has 14 heavy (non-hydrogen) atoms. The normalized spacial score (nSPS) is 11.0. The Kier molecular flexibility index (Phi) is 3.86. The van der Waals surface area contributed by atoms with Crippen molar-refractivity contribution < 1.29 is 0 Å². The monoisotopic (exact) mass is 193 g/mol. The minimum atomic E-state index is 0.456. The molecule has 0 amide bonds. The summed E-state index contributed by atoms with van der Waals surface area (Å²) in [6.45, 7) is 9.52. The highest BCUT2D eigenvalue weighted by atomic mass is 15.1. The maximum Gasteiger partial charge on any atom is 0.222 e. The molecule has 0 saturated heterocycles. The number of anilines is 1. The van der Waals surface area contributed by atoms with Crippen LogP contribution >= 0.6 is 0 Å². The van der Waals surface area contributed by atoms with Crippen molar-refractivity contribution in [2.75, 3.05) is 11.9 Å². The van der Waals surface area contributed by atoms with Crippen LogP contribution in [0.25, 0.3) is 0 Å². The van der Waals surface area contributed by atoms with E-state index in [4.69, 9.17) is 0 Å². The van der Waals surface area contributed by atoms with Crippen molar-refractivity contribution in [3.8, 4) is 0 Å². The second-order valence-corrected chi connectivity index (χ2v) is 4.23. The molecule has 0 spiro atoms. The molecule has 0 aromatic carbocycles. The van der Waals surface area contributed by atoms with Gasteiger partial charge in [0.2, 0.25) is 5.95 Å². The Bertz CT molecular complexity index is 282. The second kappa shape index (κ2) is 4.94. The molecule has 3 nitrogen and oxygen atoms in total. The molecule has 78 valence electrons. The van der Waals surface area contributed by atoms with Crippen molar-refractivity contribution >= 4 is 5.95 Å². The highest BCUT2D eigenvalue weighted by Crippen LogP contribution is 2.11. The van der Waals surface area contributed by atoms with Crippen LogP contribution in [0.15, 0.2) is 12.3 Å². The first-order valence-corrected chi connectivity index (χ1v) is 5.16. The standard InChI is InChI=1S/C11H19N3/c1-8(2)7-13-11-12-6-5-10(14-11)9(3)4/h5-6,8-9H,7H2,1-4H3,(H,12,13,14). The Morgan fingerprint density at radius 2 is 2.00 bits per heavy atom. The molecule has 0 aliphatic rings. The zero-order valence-corrected chi connectivity index (χ0v) is 9.41. The van der Waals surface area contributed by atoms with Gasteiger partial charge < -0.3 is 5.32 Å². The fourth-order valence-corrected chi connectivity index (χ4v) is 1.07. The molecule has 0 aliphatic carbocycles. The van der Waals surface area contributed by atoms with Gasteiger partial charge in [-0.15, -0.1) is 0 Å². The zero-order chi connectivity index (χ0) is 10.6. The van der Waals surface area contributed by atoms with Gasteiger partial charge in [-0.3, -0.25) is 0 Å². The molecule has 0 bridgehead atoms. The van der Waals surface area contributed by atoms with Crippen molar-refractivity contribution in [1.29, 1.82) is 0 Å². The smallest absolute Gasteiger partial charge is 0.222 e. The fraction of sp³-hybridized carbons (Fsp3) is 0.636. The van der Waals surface area contributed by atoms with Crippen LogP contribution in [-0.2, 0) is 0 Å². The molecule has 1 aromatic heterocycles. The van der Waals surface area contributed by atoms with Gasteiger partial charge in [-0.1, -0.05) is 27.7 Å². The van der Waals surface area contributed by atoms with Crippen LogP contribution in [0.1, 0.15) is 39.3 Å². The van der Waals surface area contributed by atoms with E-state index >= 15 is 0 Å². The van der Waals surface area contributed by atoms with E-state index in [0.29, 0.717) is 11.8 Å². The van der Waals surface area contributed by atoms with E-state index in [9.17, 15) is 0 Å². The Balaban J connectivity index is 2.64. The molecule has 0 fully saturated rings. The summed E-state index contributed by atoms with van der Waals surface area (Å²) in [6.07, 6.45) is 1.81. The number of aromatic nitrogens is 2. The van der Waals surface area contributed by atoms with Gasteiger partial charge in [0.25, 0.3) is 0 Å². The van der Waals surface area contributed by atoms with Crippen molar-refractivity contribution in [2.24, 2.45) is 5.92 Å². The fourth-order valence-electron chi connectivity index (χ4n) is 1.07. The van der Waals surface area contributed by atoms with E-state index in [1.165, 1.54) is 0 Å². The lowest BCUT2D eigenvalue weighted by Gasteiger charge is -2.09. The third-order valence-electron chi connectivity index (χ3n) is 1.94. The molecule has 0 radical (unpaired) electrons. The minimum absolute atomic E-state index is 0.456. The summed E-state index contributed by atoms with van der Waals surface area (Å²) in [5, 5.41) is 3.22. The van der Waals surface area contributed by atoms with Gasteiger partial charge in [0, 0.05) is 18.4 Å². The SMILES string of the molecule is CC(C)CNc1nccc(C(C)C)n1. The summed E-state index contributed by atoms with van der Waals surface area (Å²) in [7, 11) is 0. The largest absolute Gasteiger partial charge is 0.354 e. The van der Waals surface area contributed by atoms with Gasteiger partial charge in [0.05, 0.1) is 0 Å². The molecule has 0 unspecified atom stereocenters. The summed E-state index contributed by atoms with van der Waals surface area (Å²) in [6, 6.07) is 1.96. The van der Waals surface area contributed by atoms with Gasteiger partial charge in [0.1, 0.15) is 0 Å². The third-order valence-corrected chi connectivity index (χ3v) is 1.94. The highest BCUT2D eigenvalue weighted by molar-refractivity contribution is 5.25. The summed E-state index contributed by atoms with van der Waals surface area (Å²) in [5.41, 5.74) is 1.09. The van der Waals surface area contributed by atoms with Crippen LogP contribution in [-0.4, -0.2) is 16.5 Å². The molecule has 0 saturated carbocycles. The van der Waals surface area contributed by atoms with Crippen LogP contribution in [0.2, 0.25) is 0 Å². The highest BCUT2D eigenvalue weighted by Gasteiger charge is 2.02. The van der Waals surface area contributed by atoms with E-state index < -0.39 is 0 Å². The Morgan fingerprint density at radius 1 is 1.29 bits per heavy atom. The summed E-state index contributed by atoms with van der Waals surface area (Å²) in [5.74, 6) is 1.81. The van der Waals surface area contributed by atoms with Gasteiger partial charge in [-0.2, -0.15) is 0 Å². The summed E-state index contributed by atoms with van der Waals surface area (Å²) < 4.78 is 0. The van der Waals surface area contributed by atoms with Crippen molar-refractivity contribution in [3.63, 3.8) is 0 Å². The molecular formula is C11H19N3. The first-order valence-electron chi connectivity index (χ1n) is 5.16. The molecule has 0 atom stereocenters. The van der Waals surface area contributed by atoms with Gasteiger partial charge in [-0.05, 0) is 17.9 Å². The number of rotatable bonds is 4. The Hall–Kier alpha value is -1.12. The van der Waals surface area contributed by atoms with E-state index in [-0.39, 0.29) is 0 Å². The van der Waals surface area contributed by atoms with E-state index in [1.54, 1.807) is 0 Å². The Labute approximate surface area is 86.0 Å². The van der Waals surface area contributed by atoms with Crippen molar-refractivity contribution in [1.82, 2.24) is 9.97 Å². The Morgan fingerprint density at radius 3 is 2.57 bits per heavy atom. The minimum Gasteiger partial charge on any atom is -0.354 e. The van der Waals surface area contributed by atoms with Gasteiger partial charge >= 0.3 is 0 Å². The molecule has 1 N–H and O–H groups in total. The maximum atomic E-state index is 4.42. The first kappa shape index (κ1) is 11.0. The number of nitrogens with zero attached hydrogens (tertiary/aromatic N) is 2. The van der Waals surface area contributed by atoms with E-state index in [0.717, 1.165) is 18.2 Å². The predicted molar refractivity (Wildman–Crippen MR) is 59.4 cm³/mol. The summed E-state index contributed by atoms with van der Waals surface area (Å²) in [4.78, 5) is 8.59. The lowest BCUT2D eigenvalue weighted by atomic mass is 10.1. The van der Waals surface area contributed by atoms with E-state index in [1.807, 2.05) is 12.3 Å². The number of hydrogen-bond donors (Lipinski definition) is 1. The molecule has 1 aromatic rings. The lowest BCUT2D eigenvalue weighted by molar-refractivity contribution is 0.683. The molecule has 1 heterocycles. The molecular weight excluding hydrogens is 174 g/mol. The summed E-state index contributed by atoms with van der Waals surface area (Å²) >= 11 is 0. The zero-order valence-electron chi connectivity index (χ0n) is 9.41. The van der Waals surface area contributed by atoms with Crippen LogP contribution in [0, 0.1) is 5.92 Å². The van der Waals surface area contributed by atoms with Crippen LogP contribution < -0.4 is 5.32 Å². The average Bonchev–Trinajstić information content (AvgIpc) is 2.15. The number of hydrogen-bond acceptors (Lipinski definition) is 3. The molecule has 3 heteroatoms. The van der Waals surface area contributed by atoms with Crippen LogP contribution in [0.4, 0.5) is 5.95 Å². The topological polar surface area (TPSA) is 37.8 Å². The van der Waals surface area contributed by atoms with E-state index in [2.05, 4.69) is 43.0 Å². The first-order chi connectivity index (χ1) is 6.59. The van der Waals surface area contributed by atoms with Gasteiger partial charge in [-0.25, -0.2) is 9.97 Å². The maximum absolute atomic E-state index is 4.42. The van der Waals surface area contributed by atoms with Crippen LogP contribution in [0.3, 0.4) is 0 Å². The number of nitrogens with one attached hydrogen (secondary N) is 1. The van der Waals surface area contributed by atoms with Crippen molar-refractivity contribution in [3.05, 3.63) is 18.0 Å². The van der Waals surface area contributed by atoms with Crippen LogP contribution in [0.5, 0.6) is 0 Å². The lowest BCUT2D eigenvalue weighted by Crippen LogP contribution is -2.11. The molecule has 1 rings (SSSR count). The van der Waals surface area contributed by atoms with Gasteiger partial charge in [0.15, 0.2) is 0 Å². The average molecular weight is 193 g/mol.